The summed E-state index contributed by atoms with van der Waals surface area (Å²) in [6, 6.07) is 32.4. The molecule has 33 heavy (non-hydrogen) atoms. The summed E-state index contributed by atoms with van der Waals surface area (Å²) in [5.41, 5.74) is 4.00. The second kappa shape index (κ2) is 8.64. The average molecular weight is 439 g/mol. The van der Waals surface area contributed by atoms with E-state index in [4.69, 9.17) is 18.9 Å². The zero-order chi connectivity index (χ0) is 22.8. The van der Waals surface area contributed by atoms with Gasteiger partial charge in [0.15, 0.2) is 5.60 Å². The van der Waals surface area contributed by atoms with Crippen molar-refractivity contribution < 1.29 is 18.9 Å². The summed E-state index contributed by atoms with van der Waals surface area (Å²) in [5, 5.41) is 0. The van der Waals surface area contributed by atoms with Crippen LogP contribution < -0.4 is 14.2 Å². The van der Waals surface area contributed by atoms with Crippen molar-refractivity contribution in [1.82, 2.24) is 0 Å². The van der Waals surface area contributed by atoms with E-state index in [0.29, 0.717) is 0 Å². The molecule has 5 rings (SSSR count). The molecule has 4 nitrogen and oxygen atoms in total. The molecule has 0 N–H and O–H groups in total. The van der Waals surface area contributed by atoms with Gasteiger partial charge in [0.05, 0.1) is 21.3 Å². The Morgan fingerprint density at radius 3 is 1.48 bits per heavy atom. The number of methoxy groups -OCH3 is 3. The maximum absolute atomic E-state index is 7.17. The van der Waals surface area contributed by atoms with Crippen LogP contribution in [0.5, 0.6) is 17.2 Å². The first-order valence-electron chi connectivity index (χ1n) is 10.9. The molecule has 0 amide bonds. The third-order valence-electron chi connectivity index (χ3n) is 6.31. The first-order valence-corrected chi connectivity index (χ1v) is 10.9. The van der Waals surface area contributed by atoms with Crippen LogP contribution >= 0.6 is 0 Å². The predicted molar refractivity (Wildman–Crippen MR) is 128 cm³/mol. The lowest BCUT2D eigenvalue weighted by Crippen LogP contribution is -2.30. The average Bonchev–Trinajstić information content (AvgIpc) is 3.24. The van der Waals surface area contributed by atoms with E-state index in [1.54, 1.807) is 21.3 Å². The number of hydrogen-bond acceptors (Lipinski definition) is 4. The SMILES string of the molecule is COc1ccccc1C1OC(c2ccccc2OC)(c2ccccc2OC)c2ccccc21. The Morgan fingerprint density at radius 2 is 0.939 bits per heavy atom. The van der Waals surface area contributed by atoms with E-state index in [1.807, 2.05) is 66.7 Å². The summed E-state index contributed by atoms with van der Waals surface area (Å²) in [6.07, 6.45) is -0.341. The standard InChI is InChI=1S/C29H26O4/c1-30-25-17-9-5-13-21(25)28-20-12-4-6-14-22(20)29(33-28,23-15-7-10-18-26(23)31-2)24-16-8-11-19-27(24)32-3/h4-19,28H,1-3H3. The Bertz CT molecular complexity index is 1230. The van der Waals surface area contributed by atoms with Gasteiger partial charge in [0.1, 0.15) is 23.4 Å². The number of ether oxygens (including phenoxy) is 4. The molecule has 0 aromatic heterocycles. The molecule has 0 aliphatic carbocycles. The monoisotopic (exact) mass is 438 g/mol. The summed E-state index contributed by atoms with van der Waals surface area (Å²) in [5.74, 6) is 2.28. The van der Waals surface area contributed by atoms with Crippen LogP contribution in [-0.4, -0.2) is 21.3 Å². The van der Waals surface area contributed by atoms with Gasteiger partial charge >= 0.3 is 0 Å². The van der Waals surface area contributed by atoms with Crippen LogP contribution in [-0.2, 0) is 10.3 Å². The molecule has 1 aliphatic rings. The normalized spacial score (nSPS) is 16.2. The number of fused-ring (bicyclic) bond motifs is 1. The summed E-state index contributed by atoms with van der Waals surface area (Å²) in [4.78, 5) is 0. The van der Waals surface area contributed by atoms with Crippen molar-refractivity contribution in [1.29, 1.82) is 0 Å². The molecule has 0 radical (unpaired) electrons. The van der Waals surface area contributed by atoms with Gasteiger partial charge in [-0.2, -0.15) is 0 Å². The molecular weight excluding hydrogens is 412 g/mol. The van der Waals surface area contributed by atoms with Crippen LogP contribution in [0.2, 0.25) is 0 Å². The van der Waals surface area contributed by atoms with Crippen LogP contribution in [0.4, 0.5) is 0 Å². The summed E-state index contributed by atoms with van der Waals surface area (Å²) < 4.78 is 24.5. The Hall–Kier alpha value is -3.76. The Kier molecular flexibility index (Phi) is 5.53. The van der Waals surface area contributed by atoms with Crippen molar-refractivity contribution in [2.45, 2.75) is 11.7 Å². The van der Waals surface area contributed by atoms with Crippen molar-refractivity contribution in [3.8, 4) is 17.2 Å². The largest absolute Gasteiger partial charge is 0.496 e. The van der Waals surface area contributed by atoms with Crippen LogP contribution in [0.1, 0.15) is 33.9 Å². The summed E-state index contributed by atoms with van der Waals surface area (Å²) in [7, 11) is 5.06. The van der Waals surface area contributed by atoms with Gasteiger partial charge in [-0.15, -0.1) is 0 Å². The quantitative estimate of drug-likeness (QED) is 0.363. The van der Waals surface area contributed by atoms with Crippen molar-refractivity contribution >= 4 is 0 Å². The lowest BCUT2D eigenvalue weighted by Gasteiger charge is -2.34. The Balaban J connectivity index is 1.86. The molecule has 1 aliphatic heterocycles. The molecule has 1 atom stereocenters. The van der Waals surface area contributed by atoms with Gasteiger partial charge in [-0.25, -0.2) is 0 Å². The molecule has 166 valence electrons. The molecule has 0 spiro atoms. The van der Waals surface area contributed by atoms with Gasteiger partial charge in [0, 0.05) is 16.7 Å². The molecule has 1 unspecified atom stereocenters. The minimum absolute atomic E-state index is 0.341. The van der Waals surface area contributed by atoms with E-state index >= 15 is 0 Å². The fourth-order valence-corrected chi connectivity index (χ4v) is 4.90. The zero-order valence-corrected chi connectivity index (χ0v) is 18.9. The van der Waals surface area contributed by atoms with Crippen LogP contribution in [0.15, 0.2) is 97.1 Å². The summed E-state index contributed by atoms with van der Waals surface area (Å²) in [6.45, 7) is 0. The van der Waals surface area contributed by atoms with E-state index in [-0.39, 0.29) is 6.10 Å². The van der Waals surface area contributed by atoms with E-state index in [1.165, 1.54) is 0 Å². The van der Waals surface area contributed by atoms with E-state index in [9.17, 15) is 0 Å². The van der Waals surface area contributed by atoms with Crippen molar-refractivity contribution in [2.24, 2.45) is 0 Å². The molecular formula is C29H26O4. The second-order valence-electron chi connectivity index (χ2n) is 7.91. The zero-order valence-electron chi connectivity index (χ0n) is 18.9. The molecule has 0 saturated heterocycles. The fourth-order valence-electron chi connectivity index (χ4n) is 4.90. The first-order chi connectivity index (χ1) is 16.2. The molecule has 0 fully saturated rings. The van der Waals surface area contributed by atoms with Crippen LogP contribution in [0.3, 0.4) is 0 Å². The van der Waals surface area contributed by atoms with Crippen molar-refractivity contribution in [2.75, 3.05) is 21.3 Å². The topological polar surface area (TPSA) is 36.9 Å². The van der Waals surface area contributed by atoms with Gasteiger partial charge in [0.2, 0.25) is 0 Å². The Labute approximate surface area is 194 Å². The lowest BCUT2D eigenvalue weighted by atomic mass is 9.78. The highest BCUT2D eigenvalue weighted by Crippen LogP contribution is 2.57. The smallest absolute Gasteiger partial charge is 0.152 e. The van der Waals surface area contributed by atoms with Crippen molar-refractivity contribution in [3.63, 3.8) is 0 Å². The maximum Gasteiger partial charge on any atom is 0.152 e. The molecule has 4 aromatic rings. The van der Waals surface area contributed by atoms with E-state index < -0.39 is 5.60 Å². The Morgan fingerprint density at radius 1 is 0.515 bits per heavy atom. The number of hydrogen-bond donors (Lipinski definition) is 0. The molecule has 4 aromatic carbocycles. The molecule has 0 saturated carbocycles. The maximum atomic E-state index is 7.17. The van der Waals surface area contributed by atoms with Crippen molar-refractivity contribution in [3.05, 3.63) is 125 Å². The number of rotatable bonds is 6. The van der Waals surface area contributed by atoms with Gasteiger partial charge in [-0.3, -0.25) is 0 Å². The first kappa shape index (κ1) is 21.1. The molecule has 0 bridgehead atoms. The van der Waals surface area contributed by atoms with Crippen LogP contribution in [0.25, 0.3) is 0 Å². The fraction of sp³-hybridized carbons (Fsp3) is 0.172. The second-order valence-corrected chi connectivity index (χ2v) is 7.91. The van der Waals surface area contributed by atoms with E-state index in [2.05, 4.69) is 30.3 Å². The van der Waals surface area contributed by atoms with Gasteiger partial charge in [-0.05, 0) is 29.3 Å². The predicted octanol–water partition coefficient (Wildman–Crippen LogP) is 6.12. The van der Waals surface area contributed by atoms with E-state index in [0.717, 1.165) is 45.1 Å². The van der Waals surface area contributed by atoms with Gasteiger partial charge < -0.3 is 18.9 Å². The summed E-state index contributed by atoms with van der Waals surface area (Å²) >= 11 is 0. The third kappa shape index (κ3) is 3.26. The number of benzene rings is 4. The lowest BCUT2D eigenvalue weighted by molar-refractivity contribution is -0.00601. The molecule has 1 heterocycles. The highest BCUT2D eigenvalue weighted by molar-refractivity contribution is 5.62. The minimum Gasteiger partial charge on any atom is -0.496 e. The van der Waals surface area contributed by atoms with Crippen LogP contribution in [0, 0.1) is 0 Å². The van der Waals surface area contributed by atoms with Gasteiger partial charge in [-0.1, -0.05) is 78.9 Å². The highest BCUT2D eigenvalue weighted by Gasteiger charge is 2.51. The minimum atomic E-state index is -0.943. The molecule has 4 heteroatoms. The van der Waals surface area contributed by atoms with Gasteiger partial charge in [0.25, 0.3) is 0 Å². The third-order valence-corrected chi connectivity index (χ3v) is 6.31. The number of para-hydroxylation sites is 3. The highest BCUT2D eigenvalue weighted by atomic mass is 16.5.